The van der Waals surface area contributed by atoms with E-state index in [0.717, 1.165) is 0 Å². The third-order valence-electron chi connectivity index (χ3n) is 3.39. The summed E-state index contributed by atoms with van der Waals surface area (Å²) in [6.45, 7) is 3.77. The van der Waals surface area contributed by atoms with Gasteiger partial charge in [-0.15, -0.1) is 0 Å². The van der Waals surface area contributed by atoms with Crippen molar-refractivity contribution in [3.63, 3.8) is 0 Å². The molecule has 3 unspecified atom stereocenters. The van der Waals surface area contributed by atoms with Gasteiger partial charge in [0.25, 0.3) is 0 Å². The molecule has 2 bridgehead atoms. The van der Waals surface area contributed by atoms with E-state index >= 15 is 0 Å². The van der Waals surface area contributed by atoms with Gasteiger partial charge in [0.2, 0.25) is 0 Å². The van der Waals surface area contributed by atoms with Crippen molar-refractivity contribution in [3.8, 4) is 0 Å². The molecule has 0 aromatic heterocycles. The van der Waals surface area contributed by atoms with Crippen molar-refractivity contribution in [2.24, 2.45) is 17.8 Å². The molecule has 0 aromatic rings. The summed E-state index contributed by atoms with van der Waals surface area (Å²) < 4.78 is 5.22. The second-order valence-corrected chi connectivity index (χ2v) is 4.73. The van der Waals surface area contributed by atoms with Crippen LogP contribution in [0.2, 0.25) is 0 Å². The van der Waals surface area contributed by atoms with Crippen molar-refractivity contribution < 1.29 is 19.4 Å². The molecule has 1 saturated heterocycles. The zero-order chi connectivity index (χ0) is 10.5. The van der Waals surface area contributed by atoms with Gasteiger partial charge >= 0.3 is 11.9 Å². The van der Waals surface area contributed by atoms with E-state index < -0.39 is 23.4 Å². The summed E-state index contributed by atoms with van der Waals surface area (Å²) in [5, 5.41) is 9.02. The minimum absolute atomic E-state index is 0.0164. The van der Waals surface area contributed by atoms with Gasteiger partial charge in [-0.05, 0) is 19.3 Å². The second-order valence-electron chi connectivity index (χ2n) is 4.73. The summed E-state index contributed by atoms with van der Waals surface area (Å²) in [4.78, 5) is 22.4. The van der Waals surface area contributed by atoms with Crippen LogP contribution < -0.4 is 0 Å². The Morgan fingerprint density at radius 1 is 1.57 bits per heavy atom. The monoisotopic (exact) mass is 198 g/mol. The van der Waals surface area contributed by atoms with Crippen LogP contribution in [0.5, 0.6) is 0 Å². The number of carbonyl (C=O) groups excluding carboxylic acids is 1. The van der Waals surface area contributed by atoms with Crippen molar-refractivity contribution in [3.05, 3.63) is 0 Å². The van der Waals surface area contributed by atoms with Crippen LogP contribution in [0.1, 0.15) is 26.7 Å². The fourth-order valence-electron chi connectivity index (χ4n) is 2.93. The number of hydrogen-bond donors (Lipinski definition) is 1. The molecule has 2 aliphatic rings. The first-order valence-electron chi connectivity index (χ1n) is 4.89. The minimum atomic E-state index is -0.872. The molecule has 1 saturated carbocycles. The zero-order valence-corrected chi connectivity index (χ0v) is 8.32. The Bertz CT molecular complexity index is 298. The van der Waals surface area contributed by atoms with Crippen LogP contribution in [-0.4, -0.2) is 22.6 Å². The number of carbonyl (C=O) groups is 2. The third-order valence-corrected chi connectivity index (χ3v) is 3.39. The maximum Gasteiger partial charge on any atom is 0.310 e. The first kappa shape index (κ1) is 9.49. The Balaban J connectivity index is 2.31. The van der Waals surface area contributed by atoms with Crippen LogP contribution in [-0.2, 0) is 14.3 Å². The first-order valence-corrected chi connectivity index (χ1v) is 4.89. The number of fused-ring (bicyclic) bond motifs is 2. The Hall–Kier alpha value is -1.06. The molecule has 0 amide bonds. The van der Waals surface area contributed by atoms with Crippen LogP contribution in [0.25, 0.3) is 0 Å². The minimum Gasteiger partial charge on any atom is -0.481 e. The van der Waals surface area contributed by atoms with Crippen molar-refractivity contribution in [2.45, 2.75) is 32.3 Å². The van der Waals surface area contributed by atoms with E-state index in [-0.39, 0.29) is 11.9 Å². The fraction of sp³-hybridized carbons (Fsp3) is 0.800. The summed E-state index contributed by atoms with van der Waals surface area (Å²) in [5.41, 5.74) is -0.410. The van der Waals surface area contributed by atoms with E-state index in [9.17, 15) is 9.59 Å². The van der Waals surface area contributed by atoms with E-state index in [1.54, 1.807) is 0 Å². The third kappa shape index (κ3) is 1.21. The predicted octanol–water partition coefficient (Wildman–Crippen LogP) is 1.05. The van der Waals surface area contributed by atoms with E-state index in [1.165, 1.54) is 0 Å². The first-order chi connectivity index (χ1) is 6.43. The highest BCUT2D eigenvalue weighted by Crippen LogP contribution is 2.48. The van der Waals surface area contributed by atoms with E-state index in [1.807, 2.05) is 13.8 Å². The van der Waals surface area contributed by atoms with E-state index in [0.29, 0.717) is 12.8 Å². The molecule has 1 N–H and O–H groups in total. The van der Waals surface area contributed by atoms with Crippen molar-refractivity contribution in [1.29, 1.82) is 0 Å². The topological polar surface area (TPSA) is 63.6 Å². The molecule has 1 aliphatic heterocycles. The second kappa shape index (κ2) is 2.72. The average molecular weight is 198 g/mol. The van der Waals surface area contributed by atoms with Crippen molar-refractivity contribution >= 4 is 11.9 Å². The van der Waals surface area contributed by atoms with Gasteiger partial charge in [0.1, 0.15) is 5.60 Å². The van der Waals surface area contributed by atoms with Gasteiger partial charge < -0.3 is 9.84 Å². The highest BCUT2D eigenvalue weighted by atomic mass is 16.6. The molecular weight excluding hydrogens is 184 g/mol. The molecule has 4 heteroatoms. The molecule has 4 nitrogen and oxygen atoms in total. The lowest BCUT2D eigenvalue weighted by molar-refractivity contribution is -0.152. The highest BCUT2D eigenvalue weighted by molar-refractivity contribution is 5.83. The van der Waals surface area contributed by atoms with Gasteiger partial charge in [0, 0.05) is 6.42 Å². The molecule has 1 heterocycles. The van der Waals surface area contributed by atoms with Gasteiger partial charge in [-0.25, -0.2) is 0 Å². The maximum atomic E-state index is 11.4. The smallest absolute Gasteiger partial charge is 0.310 e. The molecule has 14 heavy (non-hydrogen) atoms. The number of rotatable bonds is 1. The largest absolute Gasteiger partial charge is 0.481 e. The lowest BCUT2D eigenvalue weighted by Crippen LogP contribution is -2.39. The van der Waals surface area contributed by atoms with Crippen molar-refractivity contribution in [2.75, 3.05) is 0 Å². The van der Waals surface area contributed by atoms with E-state index in [4.69, 9.17) is 9.84 Å². The van der Waals surface area contributed by atoms with Crippen molar-refractivity contribution in [1.82, 2.24) is 0 Å². The van der Waals surface area contributed by atoms with Gasteiger partial charge in [0.15, 0.2) is 0 Å². The molecule has 1 aliphatic carbocycles. The van der Waals surface area contributed by atoms with Gasteiger partial charge in [-0.2, -0.15) is 0 Å². The molecule has 0 radical (unpaired) electrons. The Morgan fingerprint density at radius 2 is 2.21 bits per heavy atom. The van der Waals surface area contributed by atoms with Crippen LogP contribution >= 0.6 is 0 Å². The zero-order valence-electron chi connectivity index (χ0n) is 8.32. The number of aliphatic carboxylic acids is 1. The highest BCUT2D eigenvalue weighted by Gasteiger charge is 2.55. The summed E-state index contributed by atoms with van der Waals surface area (Å²) in [5.74, 6) is -2.17. The molecule has 2 rings (SSSR count). The SMILES string of the molecule is CC1C[C@]2(C)CC(C(=O)O2)C1C(=O)O. The average Bonchev–Trinajstić information content (AvgIpc) is 2.21. The Labute approximate surface area is 82.2 Å². The Morgan fingerprint density at radius 3 is 2.79 bits per heavy atom. The number of carboxylic acid groups (broad SMARTS) is 1. The van der Waals surface area contributed by atoms with Gasteiger partial charge in [-0.1, -0.05) is 6.92 Å². The number of ether oxygens (including phenoxy) is 1. The summed E-state index contributed by atoms with van der Waals surface area (Å²) in [6.07, 6.45) is 1.22. The Kier molecular flexibility index (Phi) is 1.84. The van der Waals surface area contributed by atoms with E-state index in [2.05, 4.69) is 0 Å². The molecule has 4 atom stereocenters. The maximum absolute atomic E-state index is 11.4. The number of hydrogen-bond acceptors (Lipinski definition) is 3. The predicted molar refractivity (Wildman–Crippen MR) is 47.5 cm³/mol. The molecular formula is C10H14O4. The van der Waals surface area contributed by atoms with Gasteiger partial charge in [0.05, 0.1) is 11.8 Å². The molecule has 0 spiro atoms. The molecule has 0 aromatic carbocycles. The van der Waals surface area contributed by atoms with Crippen LogP contribution in [0, 0.1) is 17.8 Å². The normalized spacial score (nSPS) is 46.1. The summed E-state index contributed by atoms with van der Waals surface area (Å²) in [6, 6.07) is 0. The van der Waals surface area contributed by atoms with Crippen LogP contribution in [0.4, 0.5) is 0 Å². The molecule has 2 fully saturated rings. The lowest BCUT2D eigenvalue weighted by Gasteiger charge is -2.33. The summed E-state index contributed by atoms with van der Waals surface area (Å²) >= 11 is 0. The quantitative estimate of drug-likeness (QED) is 0.639. The number of esters is 1. The van der Waals surface area contributed by atoms with Crippen LogP contribution in [0.15, 0.2) is 0 Å². The fourth-order valence-corrected chi connectivity index (χ4v) is 2.93. The summed E-state index contributed by atoms with van der Waals surface area (Å²) in [7, 11) is 0. The van der Waals surface area contributed by atoms with Crippen LogP contribution in [0.3, 0.4) is 0 Å². The standard InChI is InChI=1S/C10H14O4/c1-5-3-10(2)4-6(9(13)14-10)7(5)8(11)12/h5-7H,3-4H2,1-2H3,(H,11,12)/t5?,6?,7?,10-/m1/s1. The number of carboxylic acids is 1. The van der Waals surface area contributed by atoms with Gasteiger partial charge in [-0.3, -0.25) is 9.59 Å². The lowest BCUT2D eigenvalue weighted by atomic mass is 9.69. The molecule has 78 valence electrons.